The largest absolute Gasteiger partial charge is 0.486 e. The SMILES string of the molecule is Cc1cc2c(cc1NC(=O)C1(CN)CC1)OCCO2. The lowest BCUT2D eigenvalue weighted by Crippen LogP contribution is -2.31. The molecule has 102 valence electrons. The van der Waals surface area contributed by atoms with E-state index in [2.05, 4.69) is 5.32 Å². The monoisotopic (exact) mass is 262 g/mol. The second-order valence-corrected chi connectivity index (χ2v) is 5.25. The highest BCUT2D eigenvalue weighted by Gasteiger charge is 2.48. The fourth-order valence-electron chi connectivity index (χ4n) is 2.25. The van der Waals surface area contributed by atoms with Crippen LogP contribution in [0.25, 0.3) is 0 Å². The molecule has 0 unspecified atom stereocenters. The van der Waals surface area contributed by atoms with Crippen molar-refractivity contribution in [1.29, 1.82) is 0 Å². The van der Waals surface area contributed by atoms with Crippen LogP contribution in [-0.2, 0) is 4.79 Å². The Kier molecular flexibility index (Phi) is 2.86. The summed E-state index contributed by atoms with van der Waals surface area (Å²) in [6.07, 6.45) is 1.75. The van der Waals surface area contributed by atoms with Crippen LogP contribution in [0, 0.1) is 12.3 Å². The second kappa shape index (κ2) is 4.42. The Bertz CT molecular complexity index is 524. The topological polar surface area (TPSA) is 73.6 Å². The maximum Gasteiger partial charge on any atom is 0.231 e. The van der Waals surface area contributed by atoms with E-state index in [9.17, 15) is 4.79 Å². The molecule has 0 saturated heterocycles. The molecule has 0 radical (unpaired) electrons. The molecule has 1 heterocycles. The third-order valence-corrected chi connectivity index (χ3v) is 3.86. The number of hydrogen-bond donors (Lipinski definition) is 2. The van der Waals surface area contributed by atoms with Crippen LogP contribution < -0.4 is 20.5 Å². The minimum Gasteiger partial charge on any atom is -0.486 e. The molecule has 1 saturated carbocycles. The van der Waals surface area contributed by atoms with Gasteiger partial charge in [-0.1, -0.05) is 0 Å². The molecular weight excluding hydrogens is 244 g/mol. The molecule has 0 aromatic heterocycles. The van der Waals surface area contributed by atoms with E-state index in [0.717, 1.165) is 29.8 Å². The zero-order valence-electron chi connectivity index (χ0n) is 11.0. The van der Waals surface area contributed by atoms with Gasteiger partial charge in [0.25, 0.3) is 0 Å². The molecular formula is C14H18N2O3. The summed E-state index contributed by atoms with van der Waals surface area (Å²) in [5, 5.41) is 2.96. The van der Waals surface area contributed by atoms with Gasteiger partial charge in [0.05, 0.1) is 5.41 Å². The second-order valence-electron chi connectivity index (χ2n) is 5.25. The lowest BCUT2D eigenvalue weighted by molar-refractivity contribution is -0.120. The summed E-state index contributed by atoms with van der Waals surface area (Å²) >= 11 is 0. The Morgan fingerprint density at radius 2 is 1.95 bits per heavy atom. The summed E-state index contributed by atoms with van der Waals surface area (Å²) < 4.78 is 11.0. The Hall–Kier alpha value is -1.75. The molecule has 1 aromatic carbocycles. The summed E-state index contributed by atoms with van der Waals surface area (Å²) in [4.78, 5) is 12.2. The van der Waals surface area contributed by atoms with Crippen molar-refractivity contribution >= 4 is 11.6 Å². The number of carbonyl (C=O) groups excluding carboxylic acids is 1. The van der Waals surface area contributed by atoms with Crippen molar-refractivity contribution in [2.75, 3.05) is 25.1 Å². The van der Waals surface area contributed by atoms with Crippen LogP contribution in [0.4, 0.5) is 5.69 Å². The summed E-state index contributed by atoms with van der Waals surface area (Å²) in [6.45, 7) is 3.45. The van der Waals surface area contributed by atoms with Gasteiger partial charge in [-0.25, -0.2) is 0 Å². The van der Waals surface area contributed by atoms with Gasteiger partial charge in [-0.3, -0.25) is 4.79 Å². The van der Waals surface area contributed by atoms with Gasteiger partial charge in [-0.2, -0.15) is 0 Å². The number of aryl methyl sites for hydroxylation is 1. The minimum absolute atomic E-state index is 0.00905. The molecule has 5 heteroatoms. The molecule has 1 amide bonds. The lowest BCUT2D eigenvalue weighted by Gasteiger charge is -2.21. The molecule has 0 bridgehead atoms. The van der Waals surface area contributed by atoms with Gasteiger partial charge in [0.1, 0.15) is 13.2 Å². The summed E-state index contributed by atoms with van der Waals surface area (Å²) in [6, 6.07) is 3.72. The normalized spacial score (nSPS) is 18.8. The van der Waals surface area contributed by atoms with Crippen molar-refractivity contribution in [3.8, 4) is 11.5 Å². The van der Waals surface area contributed by atoms with Crippen LogP contribution >= 0.6 is 0 Å². The third-order valence-electron chi connectivity index (χ3n) is 3.86. The average Bonchev–Trinajstić information content (AvgIpc) is 3.20. The smallest absolute Gasteiger partial charge is 0.231 e. The number of nitrogens with two attached hydrogens (primary N) is 1. The fourth-order valence-corrected chi connectivity index (χ4v) is 2.25. The number of ether oxygens (including phenoxy) is 2. The lowest BCUT2D eigenvalue weighted by atomic mass is 10.1. The molecule has 19 heavy (non-hydrogen) atoms. The van der Waals surface area contributed by atoms with Crippen molar-refractivity contribution in [2.45, 2.75) is 19.8 Å². The number of hydrogen-bond acceptors (Lipinski definition) is 4. The first-order chi connectivity index (χ1) is 9.14. The first-order valence-corrected chi connectivity index (χ1v) is 6.56. The van der Waals surface area contributed by atoms with Crippen molar-refractivity contribution in [3.63, 3.8) is 0 Å². The van der Waals surface area contributed by atoms with Crippen LogP contribution in [0.1, 0.15) is 18.4 Å². The molecule has 3 rings (SSSR count). The predicted octanol–water partition coefficient (Wildman–Crippen LogP) is 1.44. The highest BCUT2D eigenvalue weighted by atomic mass is 16.6. The predicted molar refractivity (Wildman–Crippen MR) is 71.5 cm³/mol. The van der Waals surface area contributed by atoms with Crippen LogP contribution in [0.3, 0.4) is 0 Å². The Balaban J connectivity index is 1.83. The zero-order chi connectivity index (χ0) is 13.5. The standard InChI is InChI=1S/C14H18N2O3/c1-9-6-11-12(19-5-4-18-11)7-10(9)16-13(17)14(8-15)2-3-14/h6-7H,2-5,8,15H2,1H3,(H,16,17). The summed E-state index contributed by atoms with van der Waals surface area (Å²) in [5.74, 6) is 1.43. The van der Waals surface area contributed by atoms with E-state index in [1.807, 2.05) is 19.1 Å². The van der Waals surface area contributed by atoms with Gasteiger partial charge in [0.2, 0.25) is 5.91 Å². The number of benzene rings is 1. The maximum absolute atomic E-state index is 12.2. The number of fused-ring (bicyclic) bond motifs is 1. The summed E-state index contributed by atoms with van der Waals surface area (Å²) in [5.41, 5.74) is 7.05. The molecule has 0 atom stereocenters. The molecule has 1 fully saturated rings. The fraction of sp³-hybridized carbons (Fsp3) is 0.500. The minimum atomic E-state index is -0.348. The first kappa shape index (κ1) is 12.3. The Morgan fingerprint density at radius 3 is 2.53 bits per heavy atom. The van der Waals surface area contributed by atoms with Crippen molar-refractivity contribution in [2.24, 2.45) is 11.1 Å². The van der Waals surface area contributed by atoms with Gasteiger partial charge >= 0.3 is 0 Å². The van der Waals surface area contributed by atoms with E-state index in [-0.39, 0.29) is 11.3 Å². The van der Waals surface area contributed by atoms with Crippen molar-refractivity contribution in [1.82, 2.24) is 0 Å². The van der Waals surface area contributed by atoms with Gasteiger partial charge in [0, 0.05) is 18.3 Å². The van der Waals surface area contributed by atoms with E-state index in [4.69, 9.17) is 15.2 Å². The van der Waals surface area contributed by atoms with E-state index < -0.39 is 0 Å². The average molecular weight is 262 g/mol. The van der Waals surface area contributed by atoms with Crippen molar-refractivity contribution < 1.29 is 14.3 Å². The number of amides is 1. The van der Waals surface area contributed by atoms with E-state index in [1.165, 1.54) is 0 Å². The molecule has 1 aliphatic carbocycles. The van der Waals surface area contributed by atoms with Gasteiger partial charge in [0.15, 0.2) is 11.5 Å². The highest BCUT2D eigenvalue weighted by molar-refractivity contribution is 5.98. The van der Waals surface area contributed by atoms with Crippen LogP contribution in [0.2, 0.25) is 0 Å². The van der Waals surface area contributed by atoms with E-state index in [1.54, 1.807) is 0 Å². The van der Waals surface area contributed by atoms with Crippen LogP contribution in [-0.4, -0.2) is 25.7 Å². The summed E-state index contributed by atoms with van der Waals surface area (Å²) in [7, 11) is 0. The third kappa shape index (κ3) is 2.14. The van der Waals surface area contributed by atoms with Gasteiger partial charge in [-0.15, -0.1) is 0 Å². The number of carbonyl (C=O) groups is 1. The quantitative estimate of drug-likeness (QED) is 0.864. The van der Waals surface area contributed by atoms with E-state index >= 15 is 0 Å². The highest BCUT2D eigenvalue weighted by Crippen LogP contribution is 2.46. The van der Waals surface area contributed by atoms with Crippen LogP contribution in [0.5, 0.6) is 11.5 Å². The number of nitrogens with one attached hydrogen (secondary N) is 1. The number of rotatable bonds is 3. The molecule has 1 aliphatic heterocycles. The molecule has 3 N–H and O–H groups in total. The first-order valence-electron chi connectivity index (χ1n) is 6.56. The Morgan fingerprint density at radius 1 is 1.32 bits per heavy atom. The van der Waals surface area contributed by atoms with Crippen LogP contribution in [0.15, 0.2) is 12.1 Å². The molecule has 0 spiro atoms. The number of anilines is 1. The van der Waals surface area contributed by atoms with Gasteiger partial charge < -0.3 is 20.5 Å². The van der Waals surface area contributed by atoms with Crippen molar-refractivity contribution in [3.05, 3.63) is 17.7 Å². The van der Waals surface area contributed by atoms with Gasteiger partial charge in [-0.05, 0) is 31.4 Å². The molecule has 2 aliphatic rings. The van der Waals surface area contributed by atoms with E-state index in [0.29, 0.717) is 25.5 Å². The molecule has 1 aromatic rings. The zero-order valence-corrected chi connectivity index (χ0v) is 11.0. The maximum atomic E-state index is 12.2. The molecule has 5 nitrogen and oxygen atoms in total. The Labute approximate surface area is 112 Å².